The minimum atomic E-state index is 0.0328. The van der Waals surface area contributed by atoms with Crippen LogP contribution < -0.4 is 10.6 Å². The van der Waals surface area contributed by atoms with Crippen LogP contribution in [0.4, 0.5) is 0 Å². The Kier molecular flexibility index (Phi) is 6.97. The fourth-order valence-electron chi connectivity index (χ4n) is 2.28. The highest BCUT2D eigenvalue weighted by Crippen LogP contribution is 2.19. The number of carbonyl (C=O) groups is 1. The van der Waals surface area contributed by atoms with Crippen LogP contribution in [0.15, 0.2) is 0 Å². The first kappa shape index (κ1) is 14.8. The summed E-state index contributed by atoms with van der Waals surface area (Å²) in [5.41, 5.74) is 0. The molecule has 0 aromatic carbocycles. The normalized spacial score (nSPS) is 26.5. The van der Waals surface area contributed by atoms with Crippen molar-refractivity contribution in [1.82, 2.24) is 10.6 Å². The monoisotopic (exact) mass is 258 g/mol. The van der Waals surface area contributed by atoms with E-state index in [1.807, 2.05) is 11.8 Å². The maximum Gasteiger partial charge on any atom is 0.237 e. The Labute approximate surface area is 109 Å². The Morgan fingerprint density at radius 2 is 2.35 bits per heavy atom. The lowest BCUT2D eigenvalue weighted by Crippen LogP contribution is -2.50. The molecule has 17 heavy (non-hydrogen) atoms. The van der Waals surface area contributed by atoms with Crippen molar-refractivity contribution in [2.24, 2.45) is 5.92 Å². The zero-order chi connectivity index (χ0) is 12.7. The van der Waals surface area contributed by atoms with Crippen molar-refractivity contribution in [2.45, 2.75) is 51.6 Å². The van der Waals surface area contributed by atoms with Gasteiger partial charge in [0.2, 0.25) is 5.91 Å². The quantitative estimate of drug-likeness (QED) is 0.766. The average Bonchev–Trinajstić information content (AvgIpc) is 2.36. The smallest absolute Gasteiger partial charge is 0.237 e. The van der Waals surface area contributed by atoms with E-state index in [-0.39, 0.29) is 11.9 Å². The molecule has 1 amide bonds. The number of amides is 1. The van der Waals surface area contributed by atoms with Crippen LogP contribution in [-0.2, 0) is 4.79 Å². The molecule has 1 aliphatic heterocycles. The standard InChI is InChI=1S/C13H26N2OS/c1-4-11-5-7-14-12(9-11)13(16)15-10(2)6-8-17-3/h10-12,14H,4-9H2,1-3H3,(H,15,16). The molecule has 3 atom stereocenters. The van der Waals surface area contributed by atoms with Crippen LogP contribution in [0.2, 0.25) is 0 Å². The maximum atomic E-state index is 12.1. The molecular formula is C13H26N2OS. The van der Waals surface area contributed by atoms with E-state index in [4.69, 9.17) is 0 Å². The lowest BCUT2D eigenvalue weighted by molar-refractivity contribution is -0.124. The first-order chi connectivity index (χ1) is 8.17. The van der Waals surface area contributed by atoms with Crippen LogP contribution in [0.1, 0.15) is 39.5 Å². The Morgan fingerprint density at radius 1 is 1.59 bits per heavy atom. The molecule has 100 valence electrons. The second-order valence-corrected chi connectivity index (χ2v) is 5.98. The Bertz CT molecular complexity index is 235. The summed E-state index contributed by atoms with van der Waals surface area (Å²) in [5, 5.41) is 6.44. The summed E-state index contributed by atoms with van der Waals surface area (Å²) in [7, 11) is 0. The van der Waals surface area contributed by atoms with E-state index in [9.17, 15) is 4.79 Å². The molecule has 0 spiro atoms. The molecule has 3 nitrogen and oxygen atoms in total. The topological polar surface area (TPSA) is 41.1 Å². The van der Waals surface area contributed by atoms with Crippen LogP contribution in [0.25, 0.3) is 0 Å². The first-order valence-electron chi connectivity index (χ1n) is 6.70. The van der Waals surface area contributed by atoms with Crippen LogP contribution >= 0.6 is 11.8 Å². The highest BCUT2D eigenvalue weighted by Gasteiger charge is 2.26. The summed E-state index contributed by atoms with van der Waals surface area (Å²) in [6.07, 6.45) is 6.55. The molecule has 0 aromatic heterocycles. The molecule has 3 unspecified atom stereocenters. The van der Waals surface area contributed by atoms with Crippen molar-refractivity contribution in [1.29, 1.82) is 0 Å². The number of nitrogens with one attached hydrogen (secondary N) is 2. The van der Waals surface area contributed by atoms with Crippen molar-refractivity contribution in [3.05, 3.63) is 0 Å². The molecule has 2 N–H and O–H groups in total. The van der Waals surface area contributed by atoms with Gasteiger partial charge in [-0.3, -0.25) is 4.79 Å². The molecule has 1 rings (SSSR count). The predicted molar refractivity (Wildman–Crippen MR) is 75.4 cm³/mol. The summed E-state index contributed by atoms with van der Waals surface area (Å²) in [6, 6.07) is 0.323. The fraction of sp³-hybridized carbons (Fsp3) is 0.923. The number of hydrogen-bond donors (Lipinski definition) is 2. The molecule has 0 saturated carbocycles. The Hall–Kier alpha value is -0.220. The molecule has 1 fully saturated rings. The number of piperidine rings is 1. The Morgan fingerprint density at radius 3 is 3.00 bits per heavy atom. The predicted octanol–water partition coefficient (Wildman–Crippen LogP) is 2.02. The summed E-state index contributed by atoms with van der Waals surface area (Å²) < 4.78 is 0. The molecule has 0 radical (unpaired) electrons. The molecule has 0 aromatic rings. The molecule has 1 heterocycles. The van der Waals surface area contributed by atoms with E-state index in [0.717, 1.165) is 25.1 Å². The highest BCUT2D eigenvalue weighted by atomic mass is 32.2. The van der Waals surface area contributed by atoms with Gasteiger partial charge in [0.15, 0.2) is 0 Å². The third-order valence-corrected chi connectivity index (χ3v) is 4.19. The largest absolute Gasteiger partial charge is 0.352 e. The van der Waals surface area contributed by atoms with Gasteiger partial charge in [0.05, 0.1) is 6.04 Å². The maximum absolute atomic E-state index is 12.1. The van der Waals surface area contributed by atoms with E-state index in [1.54, 1.807) is 0 Å². The van der Waals surface area contributed by atoms with Gasteiger partial charge in [0, 0.05) is 6.04 Å². The van der Waals surface area contributed by atoms with Crippen molar-refractivity contribution in [3.63, 3.8) is 0 Å². The van der Waals surface area contributed by atoms with E-state index < -0.39 is 0 Å². The minimum absolute atomic E-state index is 0.0328. The second kappa shape index (κ2) is 7.98. The molecule has 1 aliphatic rings. The van der Waals surface area contributed by atoms with Gasteiger partial charge in [0.1, 0.15) is 0 Å². The van der Waals surface area contributed by atoms with Crippen molar-refractivity contribution < 1.29 is 4.79 Å². The molecule has 0 aliphatic carbocycles. The third kappa shape index (κ3) is 5.30. The minimum Gasteiger partial charge on any atom is -0.352 e. The average molecular weight is 258 g/mol. The first-order valence-corrected chi connectivity index (χ1v) is 8.09. The van der Waals surface area contributed by atoms with Crippen LogP contribution in [0.5, 0.6) is 0 Å². The molecule has 0 bridgehead atoms. The van der Waals surface area contributed by atoms with Gasteiger partial charge in [-0.15, -0.1) is 0 Å². The van der Waals surface area contributed by atoms with E-state index in [1.165, 1.54) is 12.8 Å². The second-order valence-electron chi connectivity index (χ2n) is 5.00. The van der Waals surface area contributed by atoms with Crippen molar-refractivity contribution in [3.8, 4) is 0 Å². The zero-order valence-electron chi connectivity index (χ0n) is 11.3. The zero-order valence-corrected chi connectivity index (χ0v) is 12.1. The van der Waals surface area contributed by atoms with E-state index in [2.05, 4.69) is 30.7 Å². The summed E-state index contributed by atoms with van der Waals surface area (Å²) in [6.45, 7) is 5.29. The van der Waals surface area contributed by atoms with Gasteiger partial charge in [-0.2, -0.15) is 11.8 Å². The van der Waals surface area contributed by atoms with E-state index in [0.29, 0.717) is 12.0 Å². The Balaban J connectivity index is 2.31. The van der Waals surface area contributed by atoms with Crippen LogP contribution in [-0.4, -0.2) is 36.5 Å². The number of rotatable bonds is 6. The summed E-state index contributed by atoms with van der Waals surface area (Å²) in [5.74, 6) is 2.02. The molecule has 1 saturated heterocycles. The van der Waals surface area contributed by atoms with Crippen molar-refractivity contribution in [2.75, 3.05) is 18.6 Å². The van der Waals surface area contributed by atoms with Gasteiger partial charge < -0.3 is 10.6 Å². The third-order valence-electron chi connectivity index (χ3n) is 3.55. The SMILES string of the molecule is CCC1CCNC(C(=O)NC(C)CCSC)C1. The van der Waals surface area contributed by atoms with Crippen LogP contribution in [0, 0.1) is 5.92 Å². The lowest BCUT2D eigenvalue weighted by Gasteiger charge is -2.29. The lowest BCUT2D eigenvalue weighted by atomic mass is 9.90. The van der Waals surface area contributed by atoms with Crippen molar-refractivity contribution >= 4 is 17.7 Å². The van der Waals surface area contributed by atoms with Gasteiger partial charge >= 0.3 is 0 Å². The molecule has 4 heteroatoms. The summed E-state index contributed by atoms with van der Waals surface area (Å²) in [4.78, 5) is 12.1. The highest BCUT2D eigenvalue weighted by molar-refractivity contribution is 7.98. The number of hydrogen-bond acceptors (Lipinski definition) is 3. The fourth-order valence-corrected chi connectivity index (χ4v) is 2.87. The summed E-state index contributed by atoms with van der Waals surface area (Å²) >= 11 is 1.83. The van der Waals surface area contributed by atoms with Gasteiger partial charge in [-0.25, -0.2) is 0 Å². The number of carbonyl (C=O) groups excluding carboxylic acids is 1. The molecular weight excluding hydrogens is 232 g/mol. The van der Waals surface area contributed by atoms with E-state index >= 15 is 0 Å². The van der Waals surface area contributed by atoms with Gasteiger partial charge in [0.25, 0.3) is 0 Å². The van der Waals surface area contributed by atoms with Gasteiger partial charge in [-0.1, -0.05) is 13.3 Å². The van der Waals surface area contributed by atoms with Crippen LogP contribution in [0.3, 0.4) is 0 Å². The van der Waals surface area contributed by atoms with Gasteiger partial charge in [-0.05, 0) is 50.7 Å². The number of thioether (sulfide) groups is 1.